The fraction of sp³-hybridized carbons (Fsp3) is 0.346. The molecule has 0 saturated carbocycles. The summed E-state index contributed by atoms with van der Waals surface area (Å²) in [7, 11) is 1.49. The van der Waals surface area contributed by atoms with Gasteiger partial charge in [-0.05, 0) is 31.0 Å². The maximum Gasteiger partial charge on any atom is 0.433 e. The highest BCUT2D eigenvalue weighted by Gasteiger charge is 2.39. The maximum atomic E-state index is 15.4. The second-order valence-corrected chi connectivity index (χ2v) is 9.64. The molecule has 41 heavy (non-hydrogen) atoms. The summed E-state index contributed by atoms with van der Waals surface area (Å²) in [5.41, 5.74) is -5.81. The molecular formula is C26H22ClF7N4O3. The zero-order valence-electron chi connectivity index (χ0n) is 21.2. The average Bonchev–Trinajstić information content (AvgIpc) is 2.91. The van der Waals surface area contributed by atoms with Gasteiger partial charge in [-0.2, -0.15) is 26.3 Å². The van der Waals surface area contributed by atoms with Crippen LogP contribution in [0.5, 0.6) is 5.75 Å². The smallest absolute Gasteiger partial charge is 0.433 e. The number of nitrogens with zero attached hydrogens (tertiary/aromatic N) is 2. The summed E-state index contributed by atoms with van der Waals surface area (Å²) < 4.78 is 101. The highest BCUT2D eigenvalue weighted by molar-refractivity contribution is 6.32. The molecule has 1 aliphatic rings. The first-order chi connectivity index (χ1) is 19.2. The number of hydrogen-bond donors (Lipinski definition) is 2. The molecule has 1 aliphatic heterocycles. The molecule has 1 saturated heterocycles. The fourth-order valence-corrected chi connectivity index (χ4v) is 4.71. The third-order valence-corrected chi connectivity index (χ3v) is 6.93. The van der Waals surface area contributed by atoms with Crippen LogP contribution in [0.1, 0.15) is 29.7 Å². The van der Waals surface area contributed by atoms with E-state index >= 15 is 4.39 Å². The summed E-state index contributed by atoms with van der Waals surface area (Å²) in [6.07, 6.45) is -9.51. The molecular weight excluding hydrogens is 585 g/mol. The van der Waals surface area contributed by atoms with Crippen LogP contribution in [0.3, 0.4) is 0 Å². The number of benzene rings is 2. The van der Waals surface area contributed by atoms with Crippen LogP contribution in [0.2, 0.25) is 5.02 Å². The van der Waals surface area contributed by atoms with Gasteiger partial charge >= 0.3 is 12.4 Å². The van der Waals surface area contributed by atoms with E-state index in [4.69, 9.17) is 16.3 Å². The highest BCUT2D eigenvalue weighted by Crippen LogP contribution is 2.39. The molecule has 0 aliphatic carbocycles. The quantitative estimate of drug-likeness (QED) is 0.346. The lowest BCUT2D eigenvalue weighted by molar-refractivity contribution is -0.141. The van der Waals surface area contributed by atoms with Crippen LogP contribution in [0, 0.1) is 11.7 Å². The van der Waals surface area contributed by atoms with Crippen molar-refractivity contribution in [3.8, 4) is 17.1 Å². The van der Waals surface area contributed by atoms with Gasteiger partial charge in [0.05, 0.1) is 23.3 Å². The first kappa shape index (κ1) is 30.2. The van der Waals surface area contributed by atoms with Crippen LogP contribution in [-0.2, 0) is 23.7 Å². The first-order valence-corrected chi connectivity index (χ1v) is 12.5. The van der Waals surface area contributed by atoms with Gasteiger partial charge in [-0.15, -0.1) is 0 Å². The van der Waals surface area contributed by atoms with Crippen molar-refractivity contribution in [3.05, 3.63) is 74.4 Å². The molecule has 0 atom stereocenters. The summed E-state index contributed by atoms with van der Waals surface area (Å²) in [6.45, 7) is 0.445. The number of carbonyl (C=O) groups excluding carboxylic acids is 1. The van der Waals surface area contributed by atoms with Crippen molar-refractivity contribution in [2.24, 2.45) is 5.92 Å². The molecule has 1 fully saturated rings. The van der Waals surface area contributed by atoms with Crippen molar-refractivity contribution in [1.29, 1.82) is 0 Å². The number of aromatic nitrogens is 2. The standard InChI is InChI=1S/C26H22ClF7N4O3/c1-41-18-10-15(3-5-17(18)27)38-8-6-13(7-9-38)24(40)35-12-14-2-4-16(25(29,30)31)21(22(14)28)23-36-19(26(32,33)34)11-20(39)37-23/h2-5,10-11,13H,6-9,12H2,1H3,(H,35,40)(H,36,37,39). The number of carbonyl (C=O) groups is 1. The van der Waals surface area contributed by atoms with Crippen LogP contribution < -0.4 is 20.5 Å². The normalized spacial score (nSPS) is 14.7. The Morgan fingerprint density at radius 2 is 1.78 bits per heavy atom. The van der Waals surface area contributed by atoms with E-state index in [-0.39, 0.29) is 6.07 Å². The predicted molar refractivity (Wildman–Crippen MR) is 135 cm³/mol. The molecule has 7 nitrogen and oxygen atoms in total. The van der Waals surface area contributed by atoms with Crippen LogP contribution in [0.15, 0.2) is 41.2 Å². The Bertz CT molecular complexity index is 1500. The Morgan fingerprint density at radius 1 is 1.10 bits per heavy atom. The number of ether oxygens (including phenoxy) is 1. The average molecular weight is 607 g/mol. The number of rotatable bonds is 6. The number of aromatic amines is 1. The van der Waals surface area contributed by atoms with Gasteiger partial charge in [0.2, 0.25) is 5.91 Å². The number of anilines is 1. The van der Waals surface area contributed by atoms with Crippen LogP contribution >= 0.6 is 11.6 Å². The summed E-state index contributed by atoms with van der Waals surface area (Å²) in [5.74, 6) is -3.27. The Labute approximate surface area is 233 Å². The number of nitrogens with one attached hydrogen (secondary N) is 2. The van der Waals surface area contributed by atoms with E-state index in [0.717, 1.165) is 11.8 Å². The first-order valence-electron chi connectivity index (χ1n) is 12.1. The number of piperidine rings is 1. The van der Waals surface area contributed by atoms with Crippen molar-refractivity contribution in [2.45, 2.75) is 31.7 Å². The van der Waals surface area contributed by atoms with Crippen molar-refractivity contribution in [1.82, 2.24) is 15.3 Å². The third kappa shape index (κ3) is 6.75. The summed E-state index contributed by atoms with van der Waals surface area (Å²) in [5, 5.41) is 2.93. The van der Waals surface area contributed by atoms with Gasteiger partial charge in [-0.25, -0.2) is 9.37 Å². The molecule has 0 bridgehead atoms. The molecule has 2 aromatic carbocycles. The van der Waals surface area contributed by atoms with E-state index < -0.39 is 70.3 Å². The van der Waals surface area contributed by atoms with Gasteiger partial charge in [0.1, 0.15) is 17.4 Å². The fourth-order valence-electron chi connectivity index (χ4n) is 4.52. The molecule has 2 heterocycles. The molecule has 4 rings (SSSR count). The lowest BCUT2D eigenvalue weighted by Gasteiger charge is -2.33. The van der Waals surface area contributed by atoms with Crippen molar-refractivity contribution < 1.29 is 40.3 Å². The molecule has 0 spiro atoms. The van der Waals surface area contributed by atoms with Gasteiger partial charge in [0, 0.05) is 48.9 Å². The predicted octanol–water partition coefficient (Wildman–Crippen LogP) is 5.81. The molecule has 3 aromatic rings. The van der Waals surface area contributed by atoms with E-state index in [0.29, 0.717) is 42.8 Å². The minimum atomic E-state index is -5.19. The van der Waals surface area contributed by atoms with E-state index in [9.17, 15) is 35.9 Å². The largest absolute Gasteiger partial charge is 0.495 e. The number of hydrogen-bond acceptors (Lipinski definition) is 5. The third-order valence-electron chi connectivity index (χ3n) is 6.61. The number of methoxy groups -OCH3 is 1. The monoisotopic (exact) mass is 606 g/mol. The molecule has 0 radical (unpaired) electrons. The molecule has 2 N–H and O–H groups in total. The van der Waals surface area contributed by atoms with Gasteiger partial charge in [0.25, 0.3) is 5.56 Å². The molecule has 15 heteroatoms. The second kappa shape index (κ2) is 11.6. The lowest BCUT2D eigenvalue weighted by atomic mass is 9.95. The Balaban J connectivity index is 1.52. The second-order valence-electron chi connectivity index (χ2n) is 9.23. The Kier molecular flexibility index (Phi) is 8.52. The number of alkyl halides is 6. The molecule has 0 unspecified atom stereocenters. The van der Waals surface area contributed by atoms with Gasteiger partial charge < -0.3 is 19.9 Å². The van der Waals surface area contributed by atoms with Crippen molar-refractivity contribution in [3.63, 3.8) is 0 Å². The van der Waals surface area contributed by atoms with Crippen LogP contribution in [0.25, 0.3) is 11.4 Å². The summed E-state index contributed by atoms with van der Waals surface area (Å²) >= 11 is 6.06. The van der Waals surface area contributed by atoms with Gasteiger partial charge in [-0.3, -0.25) is 9.59 Å². The minimum absolute atomic E-state index is 0.0491. The van der Waals surface area contributed by atoms with E-state index in [1.165, 1.54) is 7.11 Å². The number of amides is 1. The molecule has 1 amide bonds. The van der Waals surface area contributed by atoms with E-state index in [2.05, 4.69) is 10.3 Å². The highest BCUT2D eigenvalue weighted by atomic mass is 35.5. The van der Waals surface area contributed by atoms with Crippen molar-refractivity contribution in [2.75, 3.05) is 25.1 Å². The van der Waals surface area contributed by atoms with E-state index in [1.807, 2.05) is 11.0 Å². The van der Waals surface area contributed by atoms with Crippen LogP contribution in [-0.4, -0.2) is 36.1 Å². The zero-order chi connectivity index (χ0) is 30.1. The topological polar surface area (TPSA) is 87.3 Å². The number of H-pyrrole nitrogens is 1. The van der Waals surface area contributed by atoms with Gasteiger partial charge in [-0.1, -0.05) is 17.7 Å². The SMILES string of the molecule is COc1cc(N2CCC(C(=O)NCc3ccc(C(F)(F)F)c(-c4nc(C(F)(F)F)cc(=O)[nH]4)c3F)CC2)ccc1Cl. The van der Waals surface area contributed by atoms with Crippen LogP contribution in [0.4, 0.5) is 36.4 Å². The van der Waals surface area contributed by atoms with Crippen molar-refractivity contribution >= 4 is 23.2 Å². The summed E-state index contributed by atoms with van der Waals surface area (Å²) in [4.78, 5) is 31.4. The molecule has 220 valence electrons. The Morgan fingerprint density at radius 3 is 2.39 bits per heavy atom. The zero-order valence-corrected chi connectivity index (χ0v) is 22.0. The number of halogens is 8. The maximum absolute atomic E-state index is 15.4. The van der Waals surface area contributed by atoms with E-state index in [1.54, 1.807) is 17.1 Å². The summed E-state index contributed by atoms with van der Waals surface area (Å²) in [6, 6.07) is 6.53. The molecule has 1 aromatic heterocycles. The van der Waals surface area contributed by atoms with Gasteiger partial charge in [0.15, 0.2) is 5.69 Å². The minimum Gasteiger partial charge on any atom is -0.495 e. The lowest BCUT2D eigenvalue weighted by Crippen LogP contribution is -2.40. The Hall–Kier alpha value is -3.81.